The number of ether oxygens (including phenoxy) is 2. The molecule has 1 rings (SSSR count). The molecule has 0 saturated carbocycles. The number of rotatable bonds is 3. The molecule has 0 aromatic heterocycles. The van der Waals surface area contributed by atoms with Gasteiger partial charge in [0.2, 0.25) is 0 Å². The second-order valence-corrected chi connectivity index (χ2v) is 3.31. The molecule has 16 heavy (non-hydrogen) atoms. The highest BCUT2D eigenvalue weighted by Gasteiger charge is 2.27. The molecule has 0 fully saturated rings. The lowest BCUT2D eigenvalue weighted by Gasteiger charge is -2.14. The number of benzene rings is 1. The van der Waals surface area contributed by atoms with Crippen LogP contribution in [-0.2, 0) is 9.53 Å². The topological polar surface area (TPSA) is 55.8 Å². The third kappa shape index (κ3) is 2.25. The van der Waals surface area contributed by atoms with Gasteiger partial charge in [-0.2, -0.15) is 0 Å². The van der Waals surface area contributed by atoms with Crippen molar-refractivity contribution in [2.75, 3.05) is 14.2 Å². The van der Waals surface area contributed by atoms with Crippen LogP contribution < -0.4 is 4.74 Å². The molecular formula is C10H10ClFO4. The molecule has 0 heterocycles. The van der Waals surface area contributed by atoms with Gasteiger partial charge in [-0.3, -0.25) is 0 Å². The van der Waals surface area contributed by atoms with Gasteiger partial charge in [0.15, 0.2) is 6.10 Å². The Morgan fingerprint density at radius 3 is 2.62 bits per heavy atom. The fourth-order valence-electron chi connectivity index (χ4n) is 1.24. The molecule has 88 valence electrons. The van der Waals surface area contributed by atoms with Crippen LogP contribution in [0.15, 0.2) is 12.1 Å². The average Bonchev–Trinajstić information content (AvgIpc) is 2.29. The van der Waals surface area contributed by atoms with Crippen LogP contribution in [0, 0.1) is 5.82 Å². The molecule has 4 nitrogen and oxygen atoms in total. The van der Waals surface area contributed by atoms with Gasteiger partial charge < -0.3 is 14.6 Å². The number of carbonyl (C=O) groups excluding carboxylic acids is 1. The summed E-state index contributed by atoms with van der Waals surface area (Å²) in [5, 5.41) is 9.65. The molecule has 1 aromatic rings. The number of aliphatic hydroxyl groups excluding tert-OH is 1. The Bertz CT molecular complexity index is 408. The molecule has 0 aliphatic carbocycles. The maximum atomic E-state index is 13.5. The minimum absolute atomic E-state index is 0.0837. The molecular weight excluding hydrogens is 239 g/mol. The average molecular weight is 249 g/mol. The Kier molecular flexibility index (Phi) is 4.09. The lowest BCUT2D eigenvalue weighted by atomic mass is 10.1. The number of carbonyl (C=O) groups is 1. The fraction of sp³-hybridized carbons (Fsp3) is 0.300. The third-order valence-corrected chi connectivity index (χ3v) is 2.29. The summed E-state index contributed by atoms with van der Waals surface area (Å²) in [5.41, 5.74) is -0.332. The van der Waals surface area contributed by atoms with Crippen LogP contribution in [0.5, 0.6) is 5.75 Å². The van der Waals surface area contributed by atoms with Crippen LogP contribution >= 0.6 is 11.6 Å². The molecule has 0 aliphatic heterocycles. The van der Waals surface area contributed by atoms with Crippen molar-refractivity contribution in [1.29, 1.82) is 0 Å². The van der Waals surface area contributed by atoms with Crippen molar-refractivity contribution >= 4 is 17.6 Å². The first kappa shape index (κ1) is 12.7. The number of hydrogen-bond acceptors (Lipinski definition) is 4. The summed E-state index contributed by atoms with van der Waals surface area (Å²) >= 11 is 5.74. The molecule has 1 unspecified atom stereocenters. The van der Waals surface area contributed by atoms with E-state index in [0.717, 1.165) is 13.2 Å². The fourth-order valence-corrected chi connectivity index (χ4v) is 1.48. The van der Waals surface area contributed by atoms with Crippen LogP contribution in [0.1, 0.15) is 11.7 Å². The summed E-state index contributed by atoms with van der Waals surface area (Å²) in [5.74, 6) is -1.86. The highest BCUT2D eigenvalue weighted by atomic mass is 35.5. The van der Waals surface area contributed by atoms with Crippen molar-refractivity contribution in [3.05, 3.63) is 28.5 Å². The van der Waals surface area contributed by atoms with Gasteiger partial charge in [0.05, 0.1) is 24.8 Å². The first-order valence-electron chi connectivity index (χ1n) is 4.30. The Hall–Kier alpha value is -1.33. The zero-order valence-corrected chi connectivity index (χ0v) is 9.42. The van der Waals surface area contributed by atoms with Crippen LogP contribution in [0.25, 0.3) is 0 Å². The molecule has 0 bridgehead atoms. The van der Waals surface area contributed by atoms with E-state index in [0.29, 0.717) is 0 Å². The molecule has 1 aromatic carbocycles. The van der Waals surface area contributed by atoms with Gasteiger partial charge in [-0.05, 0) is 12.1 Å². The van der Waals surface area contributed by atoms with Crippen molar-refractivity contribution in [1.82, 2.24) is 0 Å². The highest BCUT2D eigenvalue weighted by Crippen LogP contribution is 2.35. The van der Waals surface area contributed by atoms with E-state index in [1.807, 2.05) is 0 Å². The van der Waals surface area contributed by atoms with Gasteiger partial charge >= 0.3 is 5.97 Å². The predicted octanol–water partition coefficient (Wildman–Crippen LogP) is 1.69. The summed E-state index contributed by atoms with van der Waals surface area (Å²) < 4.78 is 22.6. The molecule has 6 heteroatoms. The third-order valence-electron chi connectivity index (χ3n) is 2.00. The summed E-state index contributed by atoms with van der Waals surface area (Å²) in [6.07, 6.45) is -1.77. The SMILES string of the molecule is COC(=O)C(O)c1c(F)ccc(Cl)c1OC. The monoisotopic (exact) mass is 248 g/mol. The second-order valence-electron chi connectivity index (χ2n) is 2.90. The zero-order chi connectivity index (χ0) is 12.3. The number of halogens is 2. The highest BCUT2D eigenvalue weighted by molar-refractivity contribution is 6.32. The summed E-state index contributed by atoms with van der Waals surface area (Å²) in [7, 11) is 2.34. The van der Waals surface area contributed by atoms with E-state index >= 15 is 0 Å². The lowest BCUT2D eigenvalue weighted by molar-refractivity contribution is -0.151. The maximum Gasteiger partial charge on any atom is 0.339 e. The van der Waals surface area contributed by atoms with Crippen molar-refractivity contribution in [3.8, 4) is 5.75 Å². The van der Waals surface area contributed by atoms with Crippen LogP contribution in [0.4, 0.5) is 4.39 Å². The van der Waals surface area contributed by atoms with Crippen LogP contribution in [0.3, 0.4) is 0 Å². The van der Waals surface area contributed by atoms with E-state index in [1.165, 1.54) is 13.2 Å². The van der Waals surface area contributed by atoms with Crippen molar-refractivity contribution in [2.45, 2.75) is 6.10 Å². The smallest absolute Gasteiger partial charge is 0.339 e. The van der Waals surface area contributed by atoms with Gasteiger partial charge in [0, 0.05) is 0 Å². The largest absolute Gasteiger partial charge is 0.495 e. The van der Waals surface area contributed by atoms with E-state index in [4.69, 9.17) is 16.3 Å². The minimum Gasteiger partial charge on any atom is -0.495 e. The molecule has 1 atom stereocenters. The van der Waals surface area contributed by atoms with Crippen molar-refractivity contribution < 1.29 is 23.8 Å². The van der Waals surface area contributed by atoms with E-state index in [-0.39, 0.29) is 16.3 Å². The number of methoxy groups -OCH3 is 2. The molecule has 0 radical (unpaired) electrons. The summed E-state index contributed by atoms with van der Waals surface area (Å²) in [6, 6.07) is 2.30. The molecule has 0 saturated heterocycles. The predicted molar refractivity (Wildman–Crippen MR) is 54.9 cm³/mol. The van der Waals surface area contributed by atoms with Gasteiger partial charge in [-0.15, -0.1) is 0 Å². The number of hydrogen-bond donors (Lipinski definition) is 1. The normalized spacial score (nSPS) is 12.1. The number of esters is 1. The molecule has 0 amide bonds. The van der Waals surface area contributed by atoms with E-state index in [1.54, 1.807) is 0 Å². The lowest BCUT2D eigenvalue weighted by Crippen LogP contribution is -2.16. The van der Waals surface area contributed by atoms with E-state index in [9.17, 15) is 14.3 Å². The van der Waals surface area contributed by atoms with Gasteiger partial charge in [0.25, 0.3) is 0 Å². The van der Waals surface area contributed by atoms with Gasteiger partial charge in [-0.25, -0.2) is 9.18 Å². The van der Waals surface area contributed by atoms with Gasteiger partial charge in [-0.1, -0.05) is 11.6 Å². The second kappa shape index (κ2) is 5.14. The molecule has 0 aliphatic rings. The van der Waals surface area contributed by atoms with Crippen LogP contribution in [0.2, 0.25) is 5.02 Å². The Balaban J connectivity index is 3.30. The Morgan fingerprint density at radius 1 is 1.50 bits per heavy atom. The van der Waals surface area contributed by atoms with Gasteiger partial charge in [0.1, 0.15) is 11.6 Å². The first-order chi connectivity index (χ1) is 7.52. The first-order valence-corrected chi connectivity index (χ1v) is 4.68. The van der Waals surface area contributed by atoms with E-state index < -0.39 is 17.9 Å². The quantitative estimate of drug-likeness (QED) is 0.827. The Morgan fingerprint density at radius 2 is 2.12 bits per heavy atom. The number of aliphatic hydroxyl groups is 1. The maximum absolute atomic E-state index is 13.5. The molecule has 1 N–H and O–H groups in total. The summed E-state index contributed by atoms with van der Waals surface area (Å²) in [4.78, 5) is 11.1. The zero-order valence-electron chi connectivity index (χ0n) is 8.66. The summed E-state index contributed by atoms with van der Waals surface area (Å²) in [6.45, 7) is 0. The van der Waals surface area contributed by atoms with Crippen LogP contribution in [-0.4, -0.2) is 25.3 Å². The van der Waals surface area contributed by atoms with Crippen molar-refractivity contribution in [2.24, 2.45) is 0 Å². The minimum atomic E-state index is -1.77. The van der Waals surface area contributed by atoms with E-state index in [2.05, 4.69) is 4.74 Å². The Labute approximate surface area is 96.5 Å². The molecule has 0 spiro atoms. The standard InChI is InChI=1S/C10H10ClFO4/c1-15-9-5(11)3-4-6(12)7(9)8(13)10(14)16-2/h3-4,8,13H,1-2H3. The van der Waals surface area contributed by atoms with Crippen molar-refractivity contribution in [3.63, 3.8) is 0 Å².